The summed E-state index contributed by atoms with van der Waals surface area (Å²) in [6, 6.07) is 7.34. The molecule has 0 aliphatic carbocycles. The second-order valence-corrected chi connectivity index (χ2v) is 6.35. The number of piperazine rings is 1. The number of hydrogen-bond acceptors (Lipinski definition) is 5. The normalized spacial score (nSPS) is 21.2. The van der Waals surface area contributed by atoms with Crippen molar-refractivity contribution < 1.29 is 19.1 Å². The molecular formula is C18H25N3O4. The summed E-state index contributed by atoms with van der Waals surface area (Å²) < 4.78 is 10.7. The Hall–Kier alpha value is -2.12. The van der Waals surface area contributed by atoms with Gasteiger partial charge in [0.15, 0.2) is 0 Å². The first kappa shape index (κ1) is 17.7. The highest BCUT2D eigenvalue weighted by atomic mass is 16.5. The minimum atomic E-state index is -0.264. The van der Waals surface area contributed by atoms with Gasteiger partial charge in [-0.15, -0.1) is 0 Å². The third-order valence-corrected chi connectivity index (χ3v) is 4.64. The molecule has 7 nitrogen and oxygen atoms in total. The van der Waals surface area contributed by atoms with Crippen LogP contribution in [0.15, 0.2) is 24.3 Å². The molecule has 2 aliphatic heterocycles. The predicted molar refractivity (Wildman–Crippen MR) is 93.6 cm³/mol. The van der Waals surface area contributed by atoms with Gasteiger partial charge in [0.1, 0.15) is 11.9 Å². The number of nitrogens with one attached hydrogen (secondary N) is 1. The fourth-order valence-electron chi connectivity index (χ4n) is 3.24. The lowest BCUT2D eigenvalue weighted by atomic mass is 10.2. The van der Waals surface area contributed by atoms with Crippen LogP contribution in [0.3, 0.4) is 0 Å². The lowest BCUT2D eigenvalue weighted by Gasteiger charge is -2.35. The standard InChI is InChI=1S/C18H25N3O4/c1-24-15-6-3-2-5-14(15)19-17(22)13-20-8-10-21(11-9-20)18(23)16-7-4-12-25-16/h2-3,5-6,16H,4,7-13H2,1H3,(H,19,22)/t16-/m0/s1. The van der Waals surface area contributed by atoms with Crippen LogP contribution in [0.1, 0.15) is 12.8 Å². The topological polar surface area (TPSA) is 71.1 Å². The number of ether oxygens (including phenoxy) is 2. The van der Waals surface area contributed by atoms with Gasteiger partial charge in [-0.2, -0.15) is 0 Å². The summed E-state index contributed by atoms with van der Waals surface area (Å²) >= 11 is 0. The van der Waals surface area contributed by atoms with Crippen molar-refractivity contribution in [2.75, 3.05) is 51.8 Å². The highest BCUT2D eigenvalue weighted by Gasteiger charge is 2.30. The molecule has 7 heteroatoms. The highest BCUT2D eigenvalue weighted by molar-refractivity contribution is 5.93. The van der Waals surface area contributed by atoms with Crippen molar-refractivity contribution in [2.24, 2.45) is 0 Å². The number of nitrogens with zero attached hydrogens (tertiary/aromatic N) is 2. The molecule has 136 valence electrons. The lowest BCUT2D eigenvalue weighted by molar-refractivity contribution is -0.142. The third-order valence-electron chi connectivity index (χ3n) is 4.64. The van der Waals surface area contributed by atoms with Crippen LogP contribution in [0.4, 0.5) is 5.69 Å². The molecule has 1 aromatic carbocycles. The monoisotopic (exact) mass is 347 g/mol. The van der Waals surface area contributed by atoms with Crippen LogP contribution >= 0.6 is 0 Å². The lowest BCUT2D eigenvalue weighted by Crippen LogP contribution is -2.52. The van der Waals surface area contributed by atoms with Crippen molar-refractivity contribution >= 4 is 17.5 Å². The van der Waals surface area contributed by atoms with E-state index in [0.717, 1.165) is 12.8 Å². The zero-order valence-electron chi connectivity index (χ0n) is 14.6. The number of amides is 2. The van der Waals surface area contributed by atoms with E-state index in [1.165, 1.54) is 0 Å². The van der Waals surface area contributed by atoms with E-state index in [4.69, 9.17) is 9.47 Å². The van der Waals surface area contributed by atoms with Gasteiger partial charge in [0.05, 0.1) is 19.3 Å². The fraction of sp³-hybridized carbons (Fsp3) is 0.556. The second-order valence-electron chi connectivity index (χ2n) is 6.35. The summed E-state index contributed by atoms with van der Waals surface area (Å²) in [4.78, 5) is 28.5. The van der Waals surface area contributed by atoms with Crippen LogP contribution in [0, 0.1) is 0 Å². The molecule has 2 heterocycles. The molecule has 1 atom stereocenters. The van der Waals surface area contributed by atoms with Gasteiger partial charge < -0.3 is 19.7 Å². The Morgan fingerprint density at radius 2 is 2.00 bits per heavy atom. The Morgan fingerprint density at radius 3 is 2.68 bits per heavy atom. The first-order valence-electron chi connectivity index (χ1n) is 8.73. The average molecular weight is 347 g/mol. The van der Waals surface area contributed by atoms with Gasteiger partial charge in [0, 0.05) is 32.8 Å². The summed E-state index contributed by atoms with van der Waals surface area (Å²) in [7, 11) is 1.58. The number of hydrogen-bond donors (Lipinski definition) is 1. The molecule has 3 rings (SSSR count). The van der Waals surface area contributed by atoms with Gasteiger partial charge in [0.25, 0.3) is 5.91 Å². The molecule has 1 N–H and O–H groups in total. The molecule has 0 unspecified atom stereocenters. The molecule has 2 aliphatic rings. The first-order chi connectivity index (χ1) is 12.2. The van der Waals surface area contributed by atoms with E-state index in [9.17, 15) is 9.59 Å². The Labute approximate surface area is 147 Å². The molecule has 0 spiro atoms. The highest BCUT2D eigenvalue weighted by Crippen LogP contribution is 2.23. The summed E-state index contributed by atoms with van der Waals surface area (Å²) in [5.41, 5.74) is 0.669. The number of carbonyl (C=O) groups excluding carboxylic acids is 2. The molecule has 2 saturated heterocycles. The van der Waals surface area contributed by atoms with Crippen molar-refractivity contribution in [2.45, 2.75) is 18.9 Å². The number of anilines is 1. The summed E-state index contributed by atoms with van der Waals surface area (Å²) in [6.07, 6.45) is 1.51. The molecular weight excluding hydrogens is 322 g/mol. The van der Waals surface area contributed by atoms with Gasteiger partial charge in [-0.3, -0.25) is 14.5 Å². The zero-order valence-corrected chi connectivity index (χ0v) is 14.6. The minimum Gasteiger partial charge on any atom is -0.495 e. The average Bonchev–Trinajstić information content (AvgIpc) is 3.17. The van der Waals surface area contributed by atoms with Gasteiger partial charge >= 0.3 is 0 Å². The Kier molecular flexibility index (Phi) is 5.88. The van der Waals surface area contributed by atoms with E-state index in [0.29, 0.717) is 50.8 Å². The summed E-state index contributed by atoms with van der Waals surface area (Å²) in [5.74, 6) is 0.654. The van der Waals surface area contributed by atoms with E-state index in [1.807, 2.05) is 29.2 Å². The van der Waals surface area contributed by atoms with E-state index >= 15 is 0 Å². The van der Waals surface area contributed by atoms with Gasteiger partial charge in [-0.25, -0.2) is 0 Å². The summed E-state index contributed by atoms with van der Waals surface area (Å²) in [6.45, 7) is 3.65. The first-order valence-corrected chi connectivity index (χ1v) is 8.73. The molecule has 0 bridgehead atoms. The van der Waals surface area contributed by atoms with E-state index < -0.39 is 0 Å². The fourth-order valence-corrected chi connectivity index (χ4v) is 3.24. The molecule has 0 aromatic heterocycles. The van der Waals surface area contributed by atoms with E-state index in [2.05, 4.69) is 10.2 Å². The maximum Gasteiger partial charge on any atom is 0.251 e. The van der Waals surface area contributed by atoms with Crippen molar-refractivity contribution in [3.63, 3.8) is 0 Å². The van der Waals surface area contributed by atoms with Crippen LogP contribution in [-0.4, -0.2) is 74.2 Å². The number of rotatable bonds is 5. The molecule has 0 saturated carbocycles. The van der Waals surface area contributed by atoms with Crippen molar-refractivity contribution in [3.8, 4) is 5.75 Å². The maximum absolute atomic E-state index is 12.3. The SMILES string of the molecule is COc1ccccc1NC(=O)CN1CCN(C(=O)[C@@H]2CCCO2)CC1. The van der Waals surface area contributed by atoms with Crippen molar-refractivity contribution in [3.05, 3.63) is 24.3 Å². The van der Waals surface area contributed by atoms with Crippen molar-refractivity contribution in [1.29, 1.82) is 0 Å². The van der Waals surface area contributed by atoms with Gasteiger partial charge in [-0.05, 0) is 25.0 Å². The summed E-state index contributed by atoms with van der Waals surface area (Å²) in [5, 5.41) is 2.88. The Balaban J connectivity index is 1.45. The number of benzene rings is 1. The molecule has 1 aromatic rings. The minimum absolute atomic E-state index is 0.0802. The molecule has 25 heavy (non-hydrogen) atoms. The second kappa shape index (κ2) is 8.31. The molecule has 0 radical (unpaired) electrons. The Bertz CT molecular complexity index is 608. The number of para-hydroxylation sites is 2. The number of carbonyl (C=O) groups is 2. The van der Waals surface area contributed by atoms with E-state index in [1.54, 1.807) is 7.11 Å². The number of methoxy groups -OCH3 is 1. The van der Waals surface area contributed by atoms with Crippen LogP contribution in [0.5, 0.6) is 5.75 Å². The largest absolute Gasteiger partial charge is 0.495 e. The Morgan fingerprint density at radius 1 is 1.24 bits per heavy atom. The zero-order chi connectivity index (χ0) is 17.6. The van der Waals surface area contributed by atoms with Crippen LogP contribution in [-0.2, 0) is 14.3 Å². The van der Waals surface area contributed by atoms with Crippen LogP contribution in [0.25, 0.3) is 0 Å². The molecule has 2 fully saturated rings. The van der Waals surface area contributed by atoms with Gasteiger partial charge in [-0.1, -0.05) is 12.1 Å². The molecule has 2 amide bonds. The van der Waals surface area contributed by atoms with Crippen molar-refractivity contribution in [1.82, 2.24) is 9.80 Å². The van der Waals surface area contributed by atoms with Crippen LogP contribution < -0.4 is 10.1 Å². The maximum atomic E-state index is 12.3. The quantitative estimate of drug-likeness (QED) is 0.859. The van der Waals surface area contributed by atoms with E-state index in [-0.39, 0.29) is 17.9 Å². The van der Waals surface area contributed by atoms with Gasteiger partial charge in [0.2, 0.25) is 5.91 Å². The third kappa shape index (κ3) is 4.49. The van der Waals surface area contributed by atoms with Crippen LogP contribution in [0.2, 0.25) is 0 Å². The smallest absolute Gasteiger partial charge is 0.251 e. The predicted octanol–water partition coefficient (Wildman–Crippen LogP) is 0.957.